The second-order valence-electron chi connectivity index (χ2n) is 10.7. The molecule has 3 atom stereocenters. The van der Waals surface area contributed by atoms with Crippen molar-refractivity contribution in [1.82, 2.24) is 20.2 Å². The Morgan fingerprint density at radius 3 is 2.32 bits per heavy atom. The Morgan fingerprint density at radius 1 is 1.10 bits per heavy atom. The van der Waals surface area contributed by atoms with Crippen LogP contribution in [0, 0.1) is 18.8 Å². The zero-order valence-corrected chi connectivity index (χ0v) is 26.7. The number of hydrogen-bond donors (Lipinski definition) is 3. The van der Waals surface area contributed by atoms with E-state index in [2.05, 4.69) is 83.5 Å². The number of nitrogens with zero attached hydrogens (tertiary/aromatic N) is 2. The molecule has 41 heavy (non-hydrogen) atoms. The average Bonchev–Trinajstić information content (AvgIpc) is 3.27. The van der Waals surface area contributed by atoms with Gasteiger partial charge in [-0.25, -0.2) is 4.98 Å². The van der Waals surface area contributed by atoms with E-state index in [0.29, 0.717) is 11.8 Å². The van der Waals surface area contributed by atoms with Crippen LogP contribution in [0.2, 0.25) is 0 Å². The first-order valence-corrected chi connectivity index (χ1v) is 15.3. The number of nitrogens with one attached hydrogen (secondary N) is 2. The summed E-state index contributed by atoms with van der Waals surface area (Å²) in [4.78, 5) is 25.8. The maximum absolute atomic E-state index is 12.8. The molecule has 7 nitrogen and oxygen atoms in total. The fourth-order valence-corrected chi connectivity index (χ4v) is 5.40. The second kappa shape index (κ2) is 19.8. The highest BCUT2D eigenvalue weighted by atomic mass is 16.3. The second-order valence-corrected chi connectivity index (χ2v) is 10.7. The number of aromatic nitrogens is 2. The van der Waals surface area contributed by atoms with Crippen molar-refractivity contribution >= 4 is 23.4 Å². The summed E-state index contributed by atoms with van der Waals surface area (Å²) in [6.45, 7) is 11.1. The number of aryl methyl sites for hydroxylation is 2. The third-order valence-electron chi connectivity index (χ3n) is 7.58. The summed E-state index contributed by atoms with van der Waals surface area (Å²) in [5.74, 6) is 2.61. The van der Waals surface area contributed by atoms with E-state index in [1.165, 1.54) is 41.5 Å². The molecule has 4 rings (SSSR count). The maximum atomic E-state index is 12.8. The molecule has 7 heteroatoms. The predicted molar refractivity (Wildman–Crippen MR) is 172 cm³/mol. The van der Waals surface area contributed by atoms with E-state index in [0.717, 1.165) is 43.6 Å². The van der Waals surface area contributed by atoms with E-state index >= 15 is 0 Å². The molecule has 0 aliphatic heterocycles. The number of fused-ring (bicyclic) bond motifs is 1. The molecule has 228 valence electrons. The lowest BCUT2D eigenvalue weighted by atomic mass is 9.77. The van der Waals surface area contributed by atoms with Gasteiger partial charge in [0.25, 0.3) is 6.47 Å². The molecule has 1 heterocycles. The highest BCUT2D eigenvalue weighted by Gasteiger charge is 2.28. The minimum Gasteiger partial charge on any atom is -0.483 e. The Hall–Kier alpha value is -3.19. The van der Waals surface area contributed by atoms with Crippen LogP contribution in [0.25, 0.3) is 22.2 Å². The molecule has 2 aromatic carbocycles. The monoisotopic (exact) mass is 566 g/mol. The standard InChI is InChI=1S/C29H39N3O.C2H7N.C2H6.CH2O2/c1-5-7-20(2)16-17-30-29(33)26-9-6-8-24(18-26)22-10-12-23(13-11-22)25-14-15-28-27(19-25)31-21(3)32(28)4;1-3-2;1-2;2-1-3/h10-15,19-20,24,26H,5-9,16-18H2,1-4H3,(H,30,33);3H,1-2H3;1-2H3;1H,(H,2,3). The Labute approximate surface area is 248 Å². The topological polar surface area (TPSA) is 96.3 Å². The van der Waals surface area contributed by atoms with Gasteiger partial charge in [-0.15, -0.1) is 0 Å². The van der Waals surface area contributed by atoms with Crippen molar-refractivity contribution < 1.29 is 14.7 Å². The lowest BCUT2D eigenvalue weighted by molar-refractivity contribution is -0.126. The first-order chi connectivity index (χ1) is 19.8. The van der Waals surface area contributed by atoms with E-state index in [4.69, 9.17) is 9.90 Å². The molecule has 0 saturated heterocycles. The lowest BCUT2D eigenvalue weighted by Gasteiger charge is -2.29. The van der Waals surface area contributed by atoms with Crippen molar-refractivity contribution in [3.63, 3.8) is 0 Å². The van der Waals surface area contributed by atoms with Crippen molar-refractivity contribution in [1.29, 1.82) is 0 Å². The van der Waals surface area contributed by atoms with Crippen LogP contribution in [0.1, 0.15) is 89.9 Å². The van der Waals surface area contributed by atoms with E-state index in [9.17, 15) is 4.79 Å². The largest absolute Gasteiger partial charge is 0.483 e. The minimum absolute atomic E-state index is 0.153. The van der Waals surface area contributed by atoms with Crippen LogP contribution in [0.4, 0.5) is 0 Å². The number of rotatable bonds is 8. The molecular weight excluding hydrogens is 512 g/mol. The normalized spacial score (nSPS) is 16.6. The molecule has 1 aliphatic rings. The third kappa shape index (κ3) is 11.3. The van der Waals surface area contributed by atoms with Crippen LogP contribution in [-0.4, -0.2) is 47.7 Å². The van der Waals surface area contributed by atoms with Gasteiger partial charge in [0.05, 0.1) is 11.0 Å². The summed E-state index contributed by atoms with van der Waals surface area (Å²) < 4.78 is 2.13. The summed E-state index contributed by atoms with van der Waals surface area (Å²) in [7, 11) is 5.81. The van der Waals surface area contributed by atoms with E-state index in [1.54, 1.807) is 0 Å². The lowest BCUT2D eigenvalue weighted by Crippen LogP contribution is -2.34. The van der Waals surface area contributed by atoms with Crippen molar-refractivity contribution in [2.75, 3.05) is 20.6 Å². The van der Waals surface area contributed by atoms with Gasteiger partial charge in [-0.05, 0) is 87.4 Å². The molecule has 3 unspecified atom stereocenters. The van der Waals surface area contributed by atoms with Gasteiger partial charge in [-0.2, -0.15) is 0 Å². The number of benzene rings is 2. The summed E-state index contributed by atoms with van der Waals surface area (Å²) in [5, 5.41) is 12.9. The molecule has 3 aromatic rings. The van der Waals surface area contributed by atoms with E-state index < -0.39 is 0 Å². The quantitative estimate of drug-likeness (QED) is 0.248. The van der Waals surface area contributed by atoms with Gasteiger partial charge >= 0.3 is 0 Å². The number of carbonyl (C=O) groups is 2. The SMILES string of the molecule is CC.CCCC(C)CCNC(=O)C1CCCC(c2ccc(-c3ccc4c(c3)nc(C)n4C)cc2)C1.CNC.O=CO. The highest BCUT2D eigenvalue weighted by Crippen LogP contribution is 2.37. The van der Waals surface area contributed by atoms with E-state index in [1.807, 2.05) is 34.9 Å². The Kier molecular flexibility index (Phi) is 17.3. The summed E-state index contributed by atoms with van der Waals surface area (Å²) in [6.07, 6.45) is 7.84. The zero-order chi connectivity index (χ0) is 30.8. The van der Waals surface area contributed by atoms with Crippen LogP contribution in [0.3, 0.4) is 0 Å². The van der Waals surface area contributed by atoms with Crippen LogP contribution in [0.5, 0.6) is 0 Å². The van der Waals surface area contributed by atoms with Gasteiger partial charge in [0.15, 0.2) is 0 Å². The van der Waals surface area contributed by atoms with E-state index in [-0.39, 0.29) is 18.3 Å². The van der Waals surface area contributed by atoms with Crippen LogP contribution in [0.15, 0.2) is 42.5 Å². The molecule has 1 aliphatic carbocycles. The van der Waals surface area contributed by atoms with Gasteiger partial charge in [0.1, 0.15) is 5.82 Å². The summed E-state index contributed by atoms with van der Waals surface area (Å²) in [5.41, 5.74) is 5.99. The fourth-order valence-electron chi connectivity index (χ4n) is 5.40. The van der Waals surface area contributed by atoms with Crippen molar-refractivity contribution in [3.8, 4) is 11.1 Å². The molecule has 1 amide bonds. The van der Waals surface area contributed by atoms with Crippen LogP contribution in [-0.2, 0) is 16.6 Å². The average molecular weight is 567 g/mol. The van der Waals surface area contributed by atoms with Crippen molar-refractivity contribution in [2.24, 2.45) is 18.9 Å². The number of carboxylic acid groups (broad SMARTS) is 1. The highest BCUT2D eigenvalue weighted by molar-refractivity contribution is 5.82. The fraction of sp³-hybridized carbons (Fsp3) is 0.559. The smallest absolute Gasteiger partial charge is 0.290 e. The third-order valence-corrected chi connectivity index (χ3v) is 7.58. The van der Waals surface area contributed by atoms with Crippen LogP contribution < -0.4 is 10.6 Å². The van der Waals surface area contributed by atoms with Gasteiger partial charge in [-0.3, -0.25) is 9.59 Å². The number of hydrogen-bond acceptors (Lipinski definition) is 4. The number of imidazole rings is 1. The van der Waals surface area contributed by atoms with Gasteiger partial charge in [0, 0.05) is 19.5 Å². The Bertz CT molecular complexity index is 1160. The maximum Gasteiger partial charge on any atom is 0.290 e. The molecule has 0 spiro atoms. The van der Waals surface area contributed by atoms with Crippen LogP contribution >= 0.6 is 0 Å². The molecule has 3 N–H and O–H groups in total. The first kappa shape index (κ1) is 35.8. The molecule has 1 aromatic heterocycles. The summed E-state index contributed by atoms with van der Waals surface area (Å²) in [6, 6.07) is 15.5. The minimum atomic E-state index is -0.250. The summed E-state index contributed by atoms with van der Waals surface area (Å²) >= 11 is 0. The zero-order valence-electron chi connectivity index (χ0n) is 26.7. The molecule has 1 saturated carbocycles. The van der Waals surface area contributed by atoms with Crippen molar-refractivity contribution in [2.45, 2.75) is 85.5 Å². The van der Waals surface area contributed by atoms with Crippen molar-refractivity contribution in [3.05, 3.63) is 53.9 Å². The molecular formula is C34H54N4O3. The molecule has 1 fully saturated rings. The van der Waals surface area contributed by atoms with Gasteiger partial charge in [-0.1, -0.05) is 77.3 Å². The van der Waals surface area contributed by atoms with Gasteiger partial charge < -0.3 is 20.3 Å². The number of carbonyl (C=O) groups excluding carboxylic acids is 1. The predicted octanol–water partition coefficient (Wildman–Crippen LogP) is 7.33. The number of amides is 1. The Morgan fingerprint density at radius 2 is 1.71 bits per heavy atom. The Balaban J connectivity index is 0.000000949. The molecule has 0 bridgehead atoms. The van der Waals surface area contributed by atoms with Gasteiger partial charge in [0.2, 0.25) is 5.91 Å². The molecule has 0 radical (unpaired) electrons. The first-order valence-electron chi connectivity index (χ1n) is 15.3.